The van der Waals surface area contributed by atoms with Gasteiger partial charge in [-0.15, -0.1) is 0 Å². The number of aromatic nitrogens is 2. The Labute approximate surface area is 135 Å². The molecule has 1 fully saturated rings. The third-order valence-electron chi connectivity index (χ3n) is 4.19. The summed E-state index contributed by atoms with van der Waals surface area (Å²) in [7, 11) is 1.84. The number of benzene rings is 1. The number of nitrogens with zero attached hydrogens (tertiary/aromatic N) is 3. The van der Waals surface area contributed by atoms with Gasteiger partial charge in [0.05, 0.1) is 12.3 Å². The zero-order valence-electron chi connectivity index (χ0n) is 13.1. The van der Waals surface area contributed by atoms with Crippen molar-refractivity contribution in [3.8, 4) is 0 Å². The number of amides is 1. The fourth-order valence-corrected chi connectivity index (χ4v) is 2.88. The van der Waals surface area contributed by atoms with E-state index in [0.29, 0.717) is 19.5 Å². The van der Waals surface area contributed by atoms with Crippen LogP contribution in [0.2, 0.25) is 0 Å². The number of hydrogen-bond acceptors (Lipinski definition) is 4. The number of likely N-dealkylation sites (tertiary alicyclic amines) is 1. The molecule has 0 saturated carbocycles. The highest BCUT2D eigenvalue weighted by molar-refractivity contribution is 5.68. The van der Waals surface area contributed by atoms with Crippen molar-refractivity contribution in [1.29, 1.82) is 0 Å². The molecule has 0 unspecified atom stereocenters. The monoisotopic (exact) mass is 315 g/mol. The van der Waals surface area contributed by atoms with Crippen LogP contribution in [0, 0.1) is 0 Å². The van der Waals surface area contributed by atoms with Crippen molar-refractivity contribution in [2.24, 2.45) is 7.05 Å². The molecule has 1 aromatic heterocycles. The minimum Gasteiger partial charge on any atom is -0.445 e. The van der Waals surface area contributed by atoms with Crippen molar-refractivity contribution in [2.45, 2.75) is 25.0 Å². The summed E-state index contributed by atoms with van der Waals surface area (Å²) in [5.74, 6) is -0.123. The lowest BCUT2D eigenvalue weighted by molar-refractivity contribution is 0.0424. The summed E-state index contributed by atoms with van der Waals surface area (Å²) in [6, 6.07) is 9.60. The summed E-state index contributed by atoms with van der Waals surface area (Å²) >= 11 is 0. The smallest absolute Gasteiger partial charge is 0.410 e. The second-order valence-electron chi connectivity index (χ2n) is 5.90. The first-order valence-corrected chi connectivity index (χ1v) is 7.75. The molecule has 0 radical (unpaired) electrons. The highest BCUT2D eigenvalue weighted by Crippen LogP contribution is 2.27. The van der Waals surface area contributed by atoms with Gasteiger partial charge in [-0.05, 0) is 17.5 Å². The maximum absolute atomic E-state index is 12.3. The normalized spacial score (nSPS) is 21.2. The summed E-state index contributed by atoms with van der Waals surface area (Å²) in [4.78, 5) is 13.9. The molecule has 1 aliphatic heterocycles. The Bertz CT molecular complexity index is 656. The van der Waals surface area contributed by atoms with Gasteiger partial charge >= 0.3 is 6.09 Å². The molecule has 1 aliphatic rings. The van der Waals surface area contributed by atoms with Gasteiger partial charge in [-0.3, -0.25) is 4.68 Å². The molecule has 23 heavy (non-hydrogen) atoms. The van der Waals surface area contributed by atoms with Gasteiger partial charge in [0.2, 0.25) is 0 Å². The van der Waals surface area contributed by atoms with Crippen molar-refractivity contribution in [1.82, 2.24) is 14.7 Å². The van der Waals surface area contributed by atoms with Gasteiger partial charge in [0.25, 0.3) is 0 Å². The first-order valence-electron chi connectivity index (χ1n) is 7.75. The van der Waals surface area contributed by atoms with E-state index in [1.165, 1.54) is 0 Å². The van der Waals surface area contributed by atoms with E-state index in [2.05, 4.69) is 5.10 Å². The second kappa shape index (κ2) is 6.83. The number of ether oxygens (including phenoxy) is 1. The van der Waals surface area contributed by atoms with Gasteiger partial charge in [0.15, 0.2) is 0 Å². The van der Waals surface area contributed by atoms with E-state index < -0.39 is 6.10 Å². The Morgan fingerprint density at radius 3 is 2.87 bits per heavy atom. The first-order chi connectivity index (χ1) is 11.1. The number of aliphatic hydroxyl groups excluding tert-OH is 1. The molecule has 2 atom stereocenters. The van der Waals surface area contributed by atoms with Crippen LogP contribution < -0.4 is 0 Å². The van der Waals surface area contributed by atoms with Crippen LogP contribution in [0.4, 0.5) is 4.79 Å². The number of carbonyl (C=O) groups is 1. The van der Waals surface area contributed by atoms with E-state index in [1.807, 2.05) is 43.6 Å². The fourth-order valence-electron chi connectivity index (χ4n) is 2.88. The maximum atomic E-state index is 12.3. The summed E-state index contributed by atoms with van der Waals surface area (Å²) < 4.78 is 7.08. The fraction of sp³-hybridized carbons (Fsp3) is 0.412. The molecule has 122 valence electrons. The van der Waals surface area contributed by atoms with Crippen molar-refractivity contribution in [3.05, 3.63) is 53.9 Å². The van der Waals surface area contributed by atoms with Crippen molar-refractivity contribution in [2.75, 3.05) is 13.1 Å². The highest BCUT2D eigenvalue weighted by atomic mass is 16.6. The summed E-state index contributed by atoms with van der Waals surface area (Å²) in [6.07, 6.45) is 3.37. The predicted molar refractivity (Wildman–Crippen MR) is 84.8 cm³/mol. The Morgan fingerprint density at radius 1 is 1.39 bits per heavy atom. The van der Waals surface area contributed by atoms with Crippen molar-refractivity contribution >= 4 is 6.09 Å². The van der Waals surface area contributed by atoms with Crippen LogP contribution >= 0.6 is 0 Å². The molecule has 1 aromatic carbocycles. The van der Waals surface area contributed by atoms with E-state index in [0.717, 1.165) is 11.1 Å². The molecule has 1 N–H and O–H groups in total. The SMILES string of the molecule is Cn1cc([C@@H]2CN(C(=O)OCc3ccccc3)CC[C@H]2O)cn1. The van der Waals surface area contributed by atoms with Crippen LogP contribution in [-0.4, -0.2) is 45.1 Å². The van der Waals surface area contributed by atoms with Crippen molar-refractivity contribution in [3.63, 3.8) is 0 Å². The number of aliphatic hydroxyl groups is 1. The van der Waals surface area contributed by atoms with Gasteiger partial charge in [0, 0.05) is 32.3 Å². The maximum Gasteiger partial charge on any atom is 0.410 e. The largest absolute Gasteiger partial charge is 0.445 e. The van der Waals surface area contributed by atoms with Gasteiger partial charge in [-0.1, -0.05) is 30.3 Å². The number of carbonyl (C=O) groups excluding carboxylic acids is 1. The quantitative estimate of drug-likeness (QED) is 0.939. The number of rotatable bonds is 3. The van der Waals surface area contributed by atoms with Crippen LogP contribution in [0.25, 0.3) is 0 Å². The number of aryl methyl sites for hydroxylation is 1. The molecule has 6 nitrogen and oxygen atoms in total. The molecule has 3 rings (SSSR count). The molecular weight excluding hydrogens is 294 g/mol. The van der Waals surface area contributed by atoms with Crippen LogP contribution in [0.1, 0.15) is 23.5 Å². The molecule has 0 bridgehead atoms. The van der Waals surface area contributed by atoms with Gasteiger partial charge in [-0.25, -0.2) is 4.79 Å². The molecular formula is C17H21N3O3. The summed E-state index contributed by atoms with van der Waals surface area (Å²) in [5, 5.41) is 14.4. The Morgan fingerprint density at radius 2 is 2.17 bits per heavy atom. The van der Waals surface area contributed by atoms with E-state index in [4.69, 9.17) is 4.74 Å². The van der Waals surface area contributed by atoms with E-state index in [-0.39, 0.29) is 18.6 Å². The topological polar surface area (TPSA) is 67.6 Å². The molecule has 2 aromatic rings. The molecule has 1 amide bonds. The van der Waals surface area contributed by atoms with Crippen LogP contribution in [-0.2, 0) is 18.4 Å². The highest BCUT2D eigenvalue weighted by Gasteiger charge is 2.32. The summed E-state index contributed by atoms with van der Waals surface area (Å²) in [5.41, 5.74) is 1.90. The van der Waals surface area contributed by atoms with Gasteiger partial charge < -0.3 is 14.7 Å². The average Bonchev–Trinajstić information content (AvgIpc) is 3.00. The second-order valence-corrected chi connectivity index (χ2v) is 5.90. The zero-order valence-corrected chi connectivity index (χ0v) is 13.1. The average molecular weight is 315 g/mol. The Hall–Kier alpha value is -2.34. The zero-order chi connectivity index (χ0) is 16.2. The van der Waals surface area contributed by atoms with Crippen LogP contribution in [0.15, 0.2) is 42.7 Å². The lowest BCUT2D eigenvalue weighted by atomic mass is 9.90. The molecule has 6 heteroatoms. The first kappa shape index (κ1) is 15.6. The lowest BCUT2D eigenvalue weighted by Crippen LogP contribution is -2.45. The standard InChI is InChI=1S/C17H21N3O3/c1-19-10-14(9-18-19)15-11-20(8-7-16(15)21)17(22)23-12-13-5-3-2-4-6-13/h2-6,9-10,15-16,21H,7-8,11-12H2,1H3/t15-,16+/m0/s1. The number of piperidine rings is 1. The van der Waals surface area contributed by atoms with E-state index in [1.54, 1.807) is 15.8 Å². The minimum atomic E-state index is -0.461. The predicted octanol–water partition coefficient (Wildman–Crippen LogP) is 1.91. The van der Waals surface area contributed by atoms with Crippen LogP contribution in [0.3, 0.4) is 0 Å². The molecule has 0 aliphatic carbocycles. The Balaban J connectivity index is 1.60. The molecule has 2 heterocycles. The van der Waals surface area contributed by atoms with Gasteiger partial charge in [-0.2, -0.15) is 5.10 Å². The lowest BCUT2D eigenvalue weighted by Gasteiger charge is -2.35. The Kier molecular flexibility index (Phi) is 4.62. The van der Waals surface area contributed by atoms with E-state index in [9.17, 15) is 9.90 Å². The third-order valence-corrected chi connectivity index (χ3v) is 4.19. The third kappa shape index (κ3) is 3.71. The van der Waals surface area contributed by atoms with Crippen LogP contribution in [0.5, 0.6) is 0 Å². The molecule has 0 spiro atoms. The van der Waals surface area contributed by atoms with Crippen molar-refractivity contribution < 1.29 is 14.6 Å². The molecule has 1 saturated heterocycles. The number of hydrogen-bond donors (Lipinski definition) is 1. The summed E-state index contributed by atoms with van der Waals surface area (Å²) in [6.45, 7) is 1.21. The van der Waals surface area contributed by atoms with Gasteiger partial charge in [0.1, 0.15) is 6.61 Å². The van der Waals surface area contributed by atoms with E-state index >= 15 is 0 Å². The minimum absolute atomic E-state index is 0.123.